The van der Waals surface area contributed by atoms with Crippen molar-refractivity contribution >= 4 is 11.6 Å². The zero-order valence-corrected chi connectivity index (χ0v) is 9.77. The van der Waals surface area contributed by atoms with Crippen LogP contribution in [0.25, 0.3) is 0 Å². The number of carbonyl (C=O) groups excluding carboxylic acids is 1. The number of nitrogens with two attached hydrogens (primary N) is 1. The zero-order valence-electron chi connectivity index (χ0n) is 9.77. The fraction of sp³-hybridized carbons (Fsp3) is 0.417. The number of anilines is 1. The van der Waals surface area contributed by atoms with Crippen LogP contribution in [0.5, 0.6) is 0 Å². The number of rotatable bonds is 5. The van der Waals surface area contributed by atoms with E-state index in [9.17, 15) is 4.79 Å². The van der Waals surface area contributed by atoms with Crippen molar-refractivity contribution in [3.8, 4) is 0 Å². The van der Waals surface area contributed by atoms with Gasteiger partial charge in [0.25, 0.3) is 5.91 Å². The molecule has 0 saturated carbocycles. The van der Waals surface area contributed by atoms with Gasteiger partial charge in [-0.2, -0.15) is 0 Å². The zero-order chi connectivity index (χ0) is 12.0. The summed E-state index contributed by atoms with van der Waals surface area (Å²) >= 11 is 0. The Hall–Kier alpha value is -1.39. The number of nitrogens with zero attached hydrogens (tertiary/aromatic N) is 1. The van der Waals surface area contributed by atoms with Crippen molar-refractivity contribution in [2.45, 2.75) is 13.5 Å². The molecule has 2 N–H and O–H groups in total. The summed E-state index contributed by atoms with van der Waals surface area (Å²) in [5.74, 6) is -0.0366. The van der Waals surface area contributed by atoms with Gasteiger partial charge >= 0.3 is 0 Å². The molecule has 0 spiro atoms. The third kappa shape index (κ3) is 3.05. The minimum Gasteiger partial charge on any atom is -0.375 e. The molecule has 1 aromatic carbocycles. The molecule has 0 saturated heterocycles. The Morgan fingerprint density at radius 2 is 2.00 bits per heavy atom. The molecular weight excluding hydrogens is 204 g/mol. The second-order valence-electron chi connectivity index (χ2n) is 3.44. The summed E-state index contributed by atoms with van der Waals surface area (Å²) in [7, 11) is 1.52. The van der Waals surface area contributed by atoms with E-state index in [-0.39, 0.29) is 12.5 Å². The van der Waals surface area contributed by atoms with E-state index in [1.165, 1.54) is 7.11 Å². The summed E-state index contributed by atoms with van der Waals surface area (Å²) in [5, 5.41) is 0. The van der Waals surface area contributed by atoms with E-state index in [4.69, 9.17) is 10.5 Å². The average Bonchev–Trinajstić information content (AvgIpc) is 2.31. The Kier molecular flexibility index (Phi) is 4.95. The molecule has 1 rings (SSSR count). The van der Waals surface area contributed by atoms with E-state index in [2.05, 4.69) is 0 Å². The lowest BCUT2D eigenvalue weighted by atomic mass is 10.2. The highest BCUT2D eigenvalue weighted by Crippen LogP contribution is 2.15. The summed E-state index contributed by atoms with van der Waals surface area (Å²) in [5.41, 5.74) is 7.45. The normalized spacial score (nSPS) is 10.2. The number of hydrogen-bond acceptors (Lipinski definition) is 3. The third-order valence-corrected chi connectivity index (χ3v) is 2.37. The number of ether oxygens (including phenoxy) is 1. The van der Waals surface area contributed by atoms with Crippen LogP contribution in [0, 0.1) is 0 Å². The van der Waals surface area contributed by atoms with E-state index in [1.54, 1.807) is 4.90 Å². The molecule has 16 heavy (non-hydrogen) atoms. The summed E-state index contributed by atoms with van der Waals surface area (Å²) in [6.07, 6.45) is 0. The molecule has 4 heteroatoms. The summed E-state index contributed by atoms with van der Waals surface area (Å²) in [4.78, 5) is 13.4. The minimum atomic E-state index is -0.0366. The predicted molar refractivity (Wildman–Crippen MR) is 64.2 cm³/mol. The van der Waals surface area contributed by atoms with E-state index in [0.29, 0.717) is 13.1 Å². The Morgan fingerprint density at radius 1 is 1.38 bits per heavy atom. The van der Waals surface area contributed by atoms with Crippen LogP contribution in [0.1, 0.15) is 12.5 Å². The first kappa shape index (κ1) is 12.7. The van der Waals surface area contributed by atoms with Crippen molar-refractivity contribution in [1.29, 1.82) is 0 Å². The maximum atomic E-state index is 11.7. The second-order valence-corrected chi connectivity index (χ2v) is 3.44. The monoisotopic (exact) mass is 222 g/mol. The Labute approximate surface area is 96.0 Å². The van der Waals surface area contributed by atoms with Gasteiger partial charge in [-0.15, -0.1) is 0 Å². The fourth-order valence-electron chi connectivity index (χ4n) is 1.52. The Bertz CT molecular complexity index is 335. The summed E-state index contributed by atoms with van der Waals surface area (Å²) in [6.45, 7) is 3.18. The standard InChI is InChI=1S/C12H18N2O2/c1-3-14(12(15)9-16-2)11-6-4-10(8-13)5-7-11/h4-7H,3,8-9,13H2,1-2H3. The molecule has 0 aliphatic heterocycles. The van der Waals surface area contributed by atoms with Gasteiger partial charge in [-0.25, -0.2) is 0 Å². The number of amides is 1. The van der Waals surface area contributed by atoms with Crippen LogP contribution in [0.3, 0.4) is 0 Å². The SMILES string of the molecule is CCN(C(=O)COC)c1ccc(CN)cc1. The van der Waals surface area contributed by atoms with Crippen LogP contribution in [-0.4, -0.2) is 26.2 Å². The lowest BCUT2D eigenvalue weighted by Gasteiger charge is -2.20. The first-order valence-electron chi connectivity index (χ1n) is 5.31. The van der Waals surface area contributed by atoms with Crippen molar-refractivity contribution in [1.82, 2.24) is 0 Å². The Balaban J connectivity index is 2.82. The lowest BCUT2D eigenvalue weighted by molar-refractivity contribution is -0.122. The molecule has 1 amide bonds. The average molecular weight is 222 g/mol. The van der Waals surface area contributed by atoms with Crippen molar-refractivity contribution in [2.75, 3.05) is 25.2 Å². The van der Waals surface area contributed by atoms with Gasteiger partial charge in [-0.1, -0.05) is 12.1 Å². The highest BCUT2D eigenvalue weighted by molar-refractivity contribution is 5.94. The summed E-state index contributed by atoms with van der Waals surface area (Å²) in [6, 6.07) is 7.66. The molecule has 0 heterocycles. The van der Waals surface area contributed by atoms with Gasteiger partial charge in [0.1, 0.15) is 6.61 Å². The van der Waals surface area contributed by atoms with Gasteiger partial charge in [0.05, 0.1) is 0 Å². The number of likely N-dealkylation sites (N-methyl/N-ethyl adjacent to an activating group) is 1. The maximum absolute atomic E-state index is 11.7. The van der Waals surface area contributed by atoms with Gasteiger partial charge in [0.15, 0.2) is 0 Å². The van der Waals surface area contributed by atoms with Gasteiger partial charge in [0.2, 0.25) is 0 Å². The number of methoxy groups -OCH3 is 1. The smallest absolute Gasteiger partial charge is 0.252 e. The molecular formula is C12H18N2O2. The molecule has 0 bridgehead atoms. The van der Waals surface area contributed by atoms with Crippen molar-refractivity contribution in [3.05, 3.63) is 29.8 Å². The second kappa shape index (κ2) is 6.25. The molecule has 1 aromatic rings. The topological polar surface area (TPSA) is 55.6 Å². The van der Waals surface area contributed by atoms with Gasteiger partial charge in [-0.3, -0.25) is 4.79 Å². The van der Waals surface area contributed by atoms with Gasteiger partial charge < -0.3 is 15.4 Å². The highest BCUT2D eigenvalue weighted by atomic mass is 16.5. The van der Waals surface area contributed by atoms with Crippen LogP contribution in [0.15, 0.2) is 24.3 Å². The molecule has 0 aliphatic carbocycles. The molecule has 4 nitrogen and oxygen atoms in total. The molecule has 0 unspecified atom stereocenters. The first-order chi connectivity index (χ1) is 7.72. The molecule has 0 fully saturated rings. The molecule has 0 radical (unpaired) electrons. The van der Waals surface area contributed by atoms with Gasteiger partial charge in [-0.05, 0) is 24.6 Å². The Morgan fingerprint density at radius 3 is 2.44 bits per heavy atom. The quantitative estimate of drug-likeness (QED) is 0.813. The molecule has 0 aliphatic rings. The van der Waals surface area contributed by atoms with Crippen LogP contribution in [-0.2, 0) is 16.1 Å². The number of benzene rings is 1. The van der Waals surface area contributed by atoms with E-state index in [1.807, 2.05) is 31.2 Å². The van der Waals surface area contributed by atoms with E-state index < -0.39 is 0 Å². The number of carbonyl (C=O) groups is 1. The van der Waals surface area contributed by atoms with E-state index >= 15 is 0 Å². The lowest BCUT2D eigenvalue weighted by Crippen LogP contribution is -2.33. The summed E-state index contributed by atoms with van der Waals surface area (Å²) < 4.78 is 4.84. The van der Waals surface area contributed by atoms with E-state index in [0.717, 1.165) is 11.3 Å². The fourth-order valence-corrected chi connectivity index (χ4v) is 1.52. The minimum absolute atomic E-state index is 0.0366. The van der Waals surface area contributed by atoms with Crippen molar-refractivity contribution < 1.29 is 9.53 Å². The van der Waals surface area contributed by atoms with Crippen LogP contribution >= 0.6 is 0 Å². The first-order valence-corrected chi connectivity index (χ1v) is 5.31. The largest absolute Gasteiger partial charge is 0.375 e. The van der Waals surface area contributed by atoms with Crippen LogP contribution in [0.2, 0.25) is 0 Å². The maximum Gasteiger partial charge on any atom is 0.252 e. The van der Waals surface area contributed by atoms with Crippen LogP contribution in [0.4, 0.5) is 5.69 Å². The molecule has 0 atom stereocenters. The highest BCUT2D eigenvalue weighted by Gasteiger charge is 2.12. The molecule has 88 valence electrons. The van der Waals surface area contributed by atoms with Crippen LogP contribution < -0.4 is 10.6 Å². The predicted octanol–water partition coefficient (Wildman–Crippen LogP) is 1.14. The van der Waals surface area contributed by atoms with Gasteiger partial charge in [0, 0.05) is 25.9 Å². The third-order valence-electron chi connectivity index (χ3n) is 2.37. The van der Waals surface area contributed by atoms with Crippen molar-refractivity contribution in [3.63, 3.8) is 0 Å². The van der Waals surface area contributed by atoms with Crippen molar-refractivity contribution in [2.24, 2.45) is 5.73 Å². The molecule has 0 aromatic heterocycles. The number of hydrogen-bond donors (Lipinski definition) is 1.